The lowest BCUT2D eigenvalue weighted by molar-refractivity contribution is 0.401. The van der Waals surface area contributed by atoms with E-state index >= 15 is 0 Å². The zero-order chi connectivity index (χ0) is 9.40. The Morgan fingerprint density at radius 2 is 1.92 bits per heavy atom. The van der Waals surface area contributed by atoms with Crippen LogP contribution in [-0.4, -0.2) is 19.1 Å². The van der Waals surface area contributed by atoms with Crippen LogP contribution in [0, 0.1) is 5.92 Å². The second-order valence-electron chi connectivity index (χ2n) is 3.75. The van der Waals surface area contributed by atoms with Crippen molar-refractivity contribution >= 4 is 0 Å². The van der Waals surface area contributed by atoms with E-state index in [9.17, 15) is 0 Å². The highest BCUT2D eigenvalue weighted by Crippen LogP contribution is 2.00. The largest absolute Gasteiger partial charge is 0.329 e. The molecule has 0 spiro atoms. The van der Waals surface area contributed by atoms with Gasteiger partial charge in [-0.1, -0.05) is 33.6 Å². The summed E-state index contributed by atoms with van der Waals surface area (Å²) in [7, 11) is 0. The number of nitrogens with one attached hydrogen (secondary N) is 1. The zero-order valence-corrected chi connectivity index (χ0v) is 8.77. The molecule has 0 aliphatic rings. The Balaban J connectivity index is 3.32. The third kappa shape index (κ3) is 5.56. The molecule has 0 saturated heterocycles. The van der Waals surface area contributed by atoms with Crippen molar-refractivity contribution in [2.45, 2.75) is 46.1 Å². The fraction of sp³-hybridized carbons (Fsp3) is 1.00. The van der Waals surface area contributed by atoms with Gasteiger partial charge in [-0.15, -0.1) is 0 Å². The molecule has 0 saturated carbocycles. The smallest absolute Gasteiger partial charge is 0.0213 e. The van der Waals surface area contributed by atoms with Crippen molar-refractivity contribution < 1.29 is 0 Å². The minimum atomic E-state index is 0.502. The Bertz CT molecular complexity index is 91.8. The third-order valence-corrected chi connectivity index (χ3v) is 2.25. The molecule has 2 heteroatoms. The summed E-state index contributed by atoms with van der Waals surface area (Å²) < 4.78 is 0. The molecular formula is C10H24N2. The van der Waals surface area contributed by atoms with E-state index in [1.807, 2.05) is 0 Å². The molecule has 0 heterocycles. The lowest BCUT2D eigenvalue weighted by Gasteiger charge is -2.20. The Labute approximate surface area is 76.9 Å². The molecule has 0 aliphatic heterocycles. The van der Waals surface area contributed by atoms with Gasteiger partial charge in [-0.05, 0) is 18.9 Å². The number of hydrogen-bond donors (Lipinski definition) is 2. The summed E-state index contributed by atoms with van der Waals surface area (Å²) in [5.41, 5.74) is 5.63. The summed E-state index contributed by atoms with van der Waals surface area (Å²) >= 11 is 0. The highest BCUT2D eigenvalue weighted by Gasteiger charge is 2.08. The molecule has 1 atom stereocenters. The SMILES string of the molecule is CCCCCNC(CN)C(C)C. The van der Waals surface area contributed by atoms with Gasteiger partial charge in [0, 0.05) is 12.6 Å². The first kappa shape index (κ1) is 11.9. The van der Waals surface area contributed by atoms with E-state index in [4.69, 9.17) is 5.73 Å². The minimum Gasteiger partial charge on any atom is -0.329 e. The van der Waals surface area contributed by atoms with Crippen LogP contribution < -0.4 is 11.1 Å². The van der Waals surface area contributed by atoms with Crippen LogP contribution in [0.2, 0.25) is 0 Å². The van der Waals surface area contributed by atoms with E-state index in [-0.39, 0.29) is 0 Å². The first-order valence-corrected chi connectivity index (χ1v) is 5.15. The molecule has 0 bridgehead atoms. The van der Waals surface area contributed by atoms with Gasteiger partial charge < -0.3 is 11.1 Å². The zero-order valence-electron chi connectivity index (χ0n) is 8.77. The maximum absolute atomic E-state index is 5.63. The summed E-state index contributed by atoms with van der Waals surface area (Å²) in [4.78, 5) is 0. The molecule has 1 unspecified atom stereocenters. The van der Waals surface area contributed by atoms with E-state index in [0.717, 1.165) is 13.1 Å². The number of unbranched alkanes of at least 4 members (excludes halogenated alkanes) is 2. The summed E-state index contributed by atoms with van der Waals surface area (Å²) in [5.74, 6) is 0.650. The molecule has 0 aromatic heterocycles. The lowest BCUT2D eigenvalue weighted by atomic mass is 10.0. The second kappa shape index (κ2) is 7.56. The van der Waals surface area contributed by atoms with Crippen LogP contribution >= 0.6 is 0 Å². The normalized spacial score (nSPS) is 13.8. The molecule has 0 fully saturated rings. The van der Waals surface area contributed by atoms with E-state index in [1.54, 1.807) is 0 Å². The van der Waals surface area contributed by atoms with E-state index in [2.05, 4.69) is 26.1 Å². The van der Waals surface area contributed by atoms with E-state index in [1.165, 1.54) is 19.3 Å². The first-order chi connectivity index (χ1) is 5.72. The van der Waals surface area contributed by atoms with Gasteiger partial charge in [-0.3, -0.25) is 0 Å². The molecule has 0 radical (unpaired) electrons. The van der Waals surface area contributed by atoms with E-state index < -0.39 is 0 Å². The van der Waals surface area contributed by atoms with Gasteiger partial charge in [0.1, 0.15) is 0 Å². The fourth-order valence-electron chi connectivity index (χ4n) is 1.25. The van der Waals surface area contributed by atoms with Gasteiger partial charge in [-0.2, -0.15) is 0 Å². The van der Waals surface area contributed by atoms with Crippen molar-refractivity contribution in [3.05, 3.63) is 0 Å². The molecule has 3 N–H and O–H groups in total. The van der Waals surface area contributed by atoms with Crippen LogP contribution in [0.25, 0.3) is 0 Å². The molecule has 2 nitrogen and oxygen atoms in total. The summed E-state index contributed by atoms with van der Waals surface area (Å²) in [5, 5.41) is 3.48. The Morgan fingerprint density at radius 3 is 2.33 bits per heavy atom. The maximum atomic E-state index is 5.63. The summed E-state index contributed by atoms with van der Waals surface area (Å²) in [6.45, 7) is 8.52. The molecule has 0 aromatic rings. The van der Waals surface area contributed by atoms with Crippen molar-refractivity contribution in [2.75, 3.05) is 13.1 Å². The summed E-state index contributed by atoms with van der Waals surface area (Å²) in [6.07, 6.45) is 3.89. The number of hydrogen-bond acceptors (Lipinski definition) is 2. The van der Waals surface area contributed by atoms with Gasteiger partial charge in [0.15, 0.2) is 0 Å². The van der Waals surface area contributed by atoms with Crippen molar-refractivity contribution in [3.63, 3.8) is 0 Å². The first-order valence-electron chi connectivity index (χ1n) is 5.15. The van der Waals surface area contributed by atoms with E-state index in [0.29, 0.717) is 12.0 Å². The Kier molecular flexibility index (Phi) is 7.51. The van der Waals surface area contributed by atoms with Gasteiger partial charge in [-0.25, -0.2) is 0 Å². The average Bonchev–Trinajstić information content (AvgIpc) is 2.04. The van der Waals surface area contributed by atoms with Crippen molar-refractivity contribution in [2.24, 2.45) is 11.7 Å². The topological polar surface area (TPSA) is 38.0 Å². The molecule has 0 rings (SSSR count). The molecular weight excluding hydrogens is 148 g/mol. The monoisotopic (exact) mass is 172 g/mol. The molecule has 12 heavy (non-hydrogen) atoms. The highest BCUT2D eigenvalue weighted by molar-refractivity contribution is 4.70. The third-order valence-electron chi connectivity index (χ3n) is 2.25. The van der Waals surface area contributed by atoms with Crippen molar-refractivity contribution in [1.29, 1.82) is 0 Å². The van der Waals surface area contributed by atoms with Crippen LogP contribution in [0.3, 0.4) is 0 Å². The Hall–Kier alpha value is -0.0800. The quantitative estimate of drug-likeness (QED) is 0.574. The van der Waals surface area contributed by atoms with Crippen LogP contribution in [-0.2, 0) is 0 Å². The molecule has 0 aliphatic carbocycles. The van der Waals surface area contributed by atoms with Crippen LogP contribution in [0.1, 0.15) is 40.0 Å². The minimum absolute atomic E-state index is 0.502. The fourth-order valence-corrected chi connectivity index (χ4v) is 1.25. The predicted octanol–water partition coefficient (Wildman–Crippen LogP) is 1.75. The van der Waals surface area contributed by atoms with Gasteiger partial charge in [0.2, 0.25) is 0 Å². The van der Waals surface area contributed by atoms with Gasteiger partial charge in [0.25, 0.3) is 0 Å². The van der Waals surface area contributed by atoms with Gasteiger partial charge in [0.05, 0.1) is 0 Å². The Morgan fingerprint density at radius 1 is 1.25 bits per heavy atom. The van der Waals surface area contributed by atoms with Gasteiger partial charge >= 0.3 is 0 Å². The highest BCUT2D eigenvalue weighted by atomic mass is 14.9. The standard InChI is InChI=1S/C10H24N2/c1-4-5-6-7-12-10(8-11)9(2)3/h9-10,12H,4-8,11H2,1-3H3. The van der Waals surface area contributed by atoms with Crippen LogP contribution in [0.4, 0.5) is 0 Å². The maximum Gasteiger partial charge on any atom is 0.0213 e. The summed E-state index contributed by atoms with van der Waals surface area (Å²) in [6, 6.07) is 0.502. The predicted molar refractivity (Wildman–Crippen MR) is 55.2 cm³/mol. The molecule has 74 valence electrons. The number of nitrogens with two attached hydrogens (primary N) is 1. The average molecular weight is 172 g/mol. The molecule has 0 aromatic carbocycles. The lowest BCUT2D eigenvalue weighted by Crippen LogP contribution is -2.40. The van der Waals surface area contributed by atoms with Crippen LogP contribution in [0.15, 0.2) is 0 Å². The second-order valence-corrected chi connectivity index (χ2v) is 3.75. The van der Waals surface area contributed by atoms with Crippen LogP contribution in [0.5, 0.6) is 0 Å². The van der Waals surface area contributed by atoms with Crippen molar-refractivity contribution in [1.82, 2.24) is 5.32 Å². The number of rotatable bonds is 7. The molecule has 0 amide bonds. The van der Waals surface area contributed by atoms with Crippen molar-refractivity contribution in [3.8, 4) is 0 Å².